The third kappa shape index (κ3) is 5.29. The van der Waals surface area contributed by atoms with E-state index in [1.807, 2.05) is 63.7 Å². The van der Waals surface area contributed by atoms with Crippen molar-refractivity contribution < 1.29 is 4.79 Å². The van der Waals surface area contributed by atoms with E-state index in [0.29, 0.717) is 27.9 Å². The molecule has 0 aromatic carbocycles. The van der Waals surface area contributed by atoms with Crippen molar-refractivity contribution in [3.63, 3.8) is 0 Å². The number of pyridine rings is 3. The van der Waals surface area contributed by atoms with Crippen LogP contribution in [0.15, 0.2) is 35.3 Å². The van der Waals surface area contributed by atoms with E-state index in [9.17, 15) is 9.59 Å². The molecule has 10 nitrogen and oxygen atoms in total. The molecule has 204 valence electrons. The van der Waals surface area contributed by atoms with E-state index >= 15 is 0 Å². The summed E-state index contributed by atoms with van der Waals surface area (Å²) in [6.45, 7) is 13.7. The van der Waals surface area contributed by atoms with Crippen molar-refractivity contribution in [3.8, 4) is 11.3 Å². The van der Waals surface area contributed by atoms with Gasteiger partial charge in [-0.2, -0.15) is 5.10 Å². The van der Waals surface area contributed by atoms with Crippen LogP contribution in [0.25, 0.3) is 22.3 Å². The normalized spacial score (nSPS) is 14.4. The maximum absolute atomic E-state index is 13.6. The Morgan fingerprint density at radius 1 is 1.10 bits per heavy atom. The highest BCUT2D eigenvalue weighted by atomic mass is 16.1. The lowest BCUT2D eigenvalue weighted by molar-refractivity contribution is 0.0952. The molecule has 1 fully saturated rings. The van der Waals surface area contributed by atoms with Crippen LogP contribution >= 0.6 is 0 Å². The fourth-order valence-electron chi connectivity index (χ4n) is 5.13. The van der Waals surface area contributed by atoms with Crippen molar-refractivity contribution in [2.75, 3.05) is 38.1 Å². The Morgan fingerprint density at radius 2 is 1.85 bits per heavy atom. The lowest BCUT2D eigenvalue weighted by atomic mass is 10.1. The van der Waals surface area contributed by atoms with Crippen LogP contribution in [0.5, 0.6) is 0 Å². The van der Waals surface area contributed by atoms with Crippen molar-refractivity contribution in [1.29, 1.82) is 0 Å². The van der Waals surface area contributed by atoms with Crippen LogP contribution in [0.1, 0.15) is 52.8 Å². The van der Waals surface area contributed by atoms with Crippen LogP contribution in [-0.4, -0.2) is 68.8 Å². The maximum atomic E-state index is 13.6. The Kier molecular flexibility index (Phi) is 7.22. The van der Waals surface area contributed by atoms with Gasteiger partial charge in [-0.3, -0.25) is 9.59 Å². The Labute approximate surface area is 228 Å². The molecule has 5 rings (SSSR count). The molecule has 4 aromatic heterocycles. The SMILES string of the molecule is Cc1cc(C)c(CNC(=O)c2cc(-c3ccc(N4CCN(C)CC4)nc3)nc3c2c(C)nn3C(C)C)c(=O)[nH]1. The third-order valence-electron chi connectivity index (χ3n) is 7.36. The summed E-state index contributed by atoms with van der Waals surface area (Å²) in [7, 11) is 2.13. The number of amides is 1. The molecular weight excluding hydrogens is 492 g/mol. The van der Waals surface area contributed by atoms with E-state index in [1.54, 1.807) is 6.07 Å². The Balaban J connectivity index is 1.51. The quantitative estimate of drug-likeness (QED) is 0.395. The number of aromatic nitrogens is 5. The first kappa shape index (κ1) is 26.6. The van der Waals surface area contributed by atoms with Gasteiger partial charge in [-0.1, -0.05) is 0 Å². The van der Waals surface area contributed by atoms with Crippen molar-refractivity contribution >= 4 is 22.8 Å². The highest BCUT2D eigenvalue weighted by Gasteiger charge is 2.22. The maximum Gasteiger partial charge on any atom is 0.253 e. The van der Waals surface area contributed by atoms with Gasteiger partial charge in [0.15, 0.2) is 5.65 Å². The highest BCUT2D eigenvalue weighted by molar-refractivity contribution is 6.07. The monoisotopic (exact) mass is 528 g/mol. The molecule has 5 heterocycles. The van der Waals surface area contributed by atoms with Crippen LogP contribution in [0, 0.1) is 20.8 Å². The molecule has 1 saturated heterocycles. The summed E-state index contributed by atoms with van der Waals surface area (Å²) in [6.07, 6.45) is 1.82. The average Bonchev–Trinajstić information content (AvgIpc) is 3.24. The number of anilines is 1. The predicted octanol–water partition coefficient (Wildman–Crippen LogP) is 3.37. The number of rotatable bonds is 6. The van der Waals surface area contributed by atoms with Crippen LogP contribution in [0.3, 0.4) is 0 Å². The number of fused-ring (bicyclic) bond motifs is 1. The molecule has 1 aliphatic heterocycles. The summed E-state index contributed by atoms with van der Waals surface area (Å²) in [4.78, 5) is 43.2. The molecule has 0 spiro atoms. The van der Waals surface area contributed by atoms with E-state index in [2.05, 4.69) is 27.1 Å². The molecule has 0 unspecified atom stereocenters. The first-order valence-electron chi connectivity index (χ1n) is 13.4. The van der Waals surface area contributed by atoms with E-state index in [-0.39, 0.29) is 24.1 Å². The number of H-pyrrole nitrogens is 1. The molecule has 0 saturated carbocycles. The molecule has 4 aromatic rings. The lowest BCUT2D eigenvalue weighted by Gasteiger charge is -2.33. The van der Waals surface area contributed by atoms with Crippen molar-refractivity contribution in [1.82, 2.24) is 34.9 Å². The first-order chi connectivity index (χ1) is 18.6. The summed E-state index contributed by atoms with van der Waals surface area (Å²) in [5.74, 6) is 0.657. The molecule has 39 heavy (non-hydrogen) atoms. The summed E-state index contributed by atoms with van der Waals surface area (Å²) < 4.78 is 1.85. The van der Waals surface area contributed by atoms with Gasteiger partial charge in [-0.15, -0.1) is 0 Å². The standard InChI is InChI=1S/C29H36N8O2/c1-17(2)37-27-26(20(5)34-37)22(28(38)31-16-23-18(3)13-19(4)32-29(23)39)14-24(33-27)21-7-8-25(30-15-21)36-11-9-35(6)10-12-36/h7-8,13-15,17H,9-12,16H2,1-6H3,(H,31,38)(H,32,39). The van der Waals surface area contributed by atoms with E-state index in [1.165, 1.54) is 0 Å². The Hall–Kier alpha value is -4.05. The second-order valence-electron chi connectivity index (χ2n) is 10.7. The topological polar surface area (TPSA) is 112 Å². The molecular formula is C29H36N8O2. The van der Waals surface area contributed by atoms with Crippen LogP contribution < -0.4 is 15.8 Å². The number of hydrogen-bond donors (Lipinski definition) is 2. The number of aryl methyl sites for hydroxylation is 3. The predicted molar refractivity (Wildman–Crippen MR) is 153 cm³/mol. The minimum atomic E-state index is -0.281. The van der Waals surface area contributed by atoms with Crippen LogP contribution in [0.4, 0.5) is 5.82 Å². The van der Waals surface area contributed by atoms with Crippen molar-refractivity contribution in [3.05, 3.63) is 68.9 Å². The van der Waals surface area contributed by atoms with E-state index < -0.39 is 0 Å². The van der Waals surface area contributed by atoms with Gasteiger partial charge < -0.3 is 20.1 Å². The fraction of sp³-hybridized carbons (Fsp3) is 0.414. The molecule has 0 radical (unpaired) electrons. The van der Waals surface area contributed by atoms with Gasteiger partial charge in [-0.25, -0.2) is 14.6 Å². The van der Waals surface area contributed by atoms with Crippen molar-refractivity contribution in [2.45, 2.75) is 47.2 Å². The number of likely N-dealkylation sites (N-methyl/N-ethyl adjacent to an activating group) is 1. The smallest absolute Gasteiger partial charge is 0.253 e. The number of carbonyl (C=O) groups excluding carboxylic acids is 1. The largest absolute Gasteiger partial charge is 0.354 e. The number of aromatic amines is 1. The van der Waals surface area contributed by atoms with Crippen LogP contribution in [0.2, 0.25) is 0 Å². The molecule has 0 atom stereocenters. The lowest BCUT2D eigenvalue weighted by Crippen LogP contribution is -2.44. The number of nitrogens with one attached hydrogen (secondary N) is 2. The van der Waals surface area contributed by atoms with Gasteiger partial charge in [0.2, 0.25) is 0 Å². The van der Waals surface area contributed by atoms with Crippen molar-refractivity contribution in [2.24, 2.45) is 0 Å². The second-order valence-corrected chi connectivity index (χ2v) is 10.7. The van der Waals surface area contributed by atoms with E-state index in [4.69, 9.17) is 15.1 Å². The highest BCUT2D eigenvalue weighted by Crippen LogP contribution is 2.29. The number of nitrogens with zero attached hydrogens (tertiary/aromatic N) is 6. The molecule has 0 bridgehead atoms. The minimum absolute atomic E-state index is 0.0614. The first-order valence-corrected chi connectivity index (χ1v) is 13.4. The number of carbonyl (C=O) groups is 1. The summed E-state index contributed by atoms with van der Waals surface area (Å²) >= 11 is 0. The van der Waals surface area contributed by atoms with Gasteiger partial charge in [0.25, 0.3) is 11.5 Å². The zero-order chi connectivity index (χ0) is 27.8. The summed E-state index contributed by atoms with van der Waals surface area (Å²) in [5, 5.41) is 8.37. The number of hydrogen-bond acceptors (Lipinski definition) is 7. The van der Waals surface area contributed by atoms with Gasteiger partial charge in [-0.05, 0) is 71.5 Å². The number of piperazine rings is 1. The van der Waals surface area contributed by atoms with Crippen LogP contribution in [-0.2, 0) is 6.54 Å². The zero-order valence-electron chi connectivity index (χ0n) is 23.5. The summed E-state index contributed by atoms with van der Waals surface area (Å²) in [6, 6.07) is 7.79. The average molecular weight is 529 g/mol. The zero-order valence-corrected chi connectivity index (χ0v) is 23.5. The fourth-order valence-corrected chi connectivity index (χ4v) is 5.13. The second kappa shape index (κ2) is 10.6. The molecule has 0 aliphatic carbocycles. The van der Waals surface area contributed by atoms with Gasteiger partial charge >= 0.3 is 0 Å². The van der Waals surface area contributed by atoms with Gasteiger partial charge in [0.1, 0.15) is 5.82 Å². The summed E-state index contributed by atoms with van der Waals surface area (Å²) in [5.41, 5.74) is 5.31. The van der Waals surface area contributed by atoms with Gasteiger partial charge in [0, 0.05) is 61.8 Å². The van der Waals surface area contributed by atoms with Gasteiger partial charge in [0.05, 0.1) is 22.3 Å². The molecule has 1 aliphatic rings. The Morgan fingerprint density at radius 3 is 2.49 bits per heavy atom. The van der Waals surface area contributed by atoms with E-state index in [0.717, 1.165) is 54.5 Å². The third-order valence-corrected chi connectivity index (χ3v) is 7.36. The Bertz CT molecular complexity index is 1580. The molecule has 2 N–H and O–H groups in total. The minimum Gasteiger partial charge on any atom is -0.354 e. The molecule has 1 amide bonds. The molecule has 10 heteroatoms.